The van der Waals surface area contributed by atoms with Crippen LogP contribution >= 0.6 is 11.8 Å². The molecule has 17 heavy (non-hydrogen) atoms. The van der Waals surface area contributed by atoms with Crippen LogP contribution in [0, 0.1) is 5.82 Å². The Labute approximate surface area is 108 Å². The fourth-order valence-corrected chi connectivity index (χ4v) is 2.04. The summed E-state index contributed by atoms with van der Waals surface area (Å²) < 4.78 is 13.5. The van der Waals surface area contributed by atoms with Gasteiger partial charge in [0.25, 0.3) is 0 Å². The van der Waals surface area contributed by atoms with Crippen molar-refractivity contribution in [2.45, 2.75) is 13.5 Å². The minimum absolute atomic E-state index is 0.161. The van der Waals surface area contributed by atoms with Crippen molar-refractivity contribution in [1.29, 1.82) is 0 Å². The van der Waals surface area contributed by atoms with Crippen LogP contribution in [0.2, 0.25) is 0 Å². The second-order valence-electron chi connectivity index (χ2n) is 4.01. The standard InChI is InChI=1S/C13H21FN2S/c1-4-15-10-11-7-12(14)9-13(8-11)16(2)5-6-17-3/h7-9,15H,4-6,10H2,1-3H3. The SMILES string of the molecule is CCNCc1cc(F)cc(N(C)CCSC)c1. The summed E-state index contributed by atoms with van der Waals surface area (Å²) in [5, 5.41) is 3.21. The number of anilines is 1. The summed E-state index contributed by atoms with van der Waals surface area (Å²) in [6.07, 6.45) is 2.08. The Morgan fingerprint density at radius 3 is 2.76 bits per heavy atom. The predicted octanol–water partition coefficient (Wildman–Crippen LogP) is 2.73. The number of rotatable bonds is 7. The molecule has 1 rings (SSSR count). The molecule has 0 aliphatic carbocycles. The van der Waals surface area contributed by atoms with Crippen molar-refractivity contribution < 1.29 is 4.39 Å². The minimum Gasteiger partial charge on any atom is -0.374 e. The maximum atomic E-state index is 13.5. The lowest BCUT2D eigenvalue weighted by Gasteiger charge is -2.19. The molecule has 0 fully saturated rings. The highest BCUT2D eigenvalue weighted by atomic mass is 32.2. The summed E-state index contributed by atoms with van der Waals surface area (Å²) in [6.45, 7) is 4.60. The van der Waals surface area contributed by atoms with Crippen LogP contribution in [0.25, 0.3) is 0 Å². The third-order valence-corrected chi connectivity index (χ3v) is 3.18. The highest BCUT2D eigenvalue weighted by molar-refractivity contribution is 7.98. The first-order valence-corrected chi connectivity index (χ1v) is 7.27. The first kappa shape index (κ1) is 14.3. The molecule has 0 unspecified atom stereocenters. The lowest BCUT2D eigenvalue weighted by Crippen LogP contribution is -2.21. The number of thioether (sulfide) groups is 1. The van der Waals surface area contributed by atoms with Crippen molar-refractivity contribution in [2.75, 3.05) is 37.0 Å². The molecule has 1 aromatic rings. The minimum atomic E-state index is -0.161. The van der Waals surface area contributed by atoms with Gasteiger partial charge >= 0.3 is 0 Å². The van der Waals surface area contributed by atoms with Crippen molar-refractivity contribution >= 4 is 17.4 Å². The fraction of sp³-hybridized carbons (Fsp3) is 0.538. The van der Waals surface area contributed by atoms with Gasteiger partial charge in [-0.05, 0) is 36.6 Å². The number of hydrogen-bond donors (Lipinski definition) is 1. The van der Waals surface area contributed by atoms with Gasteiger partial charge in [0.05, 0.1) is 0 Å². The first-order valence-electron chi connectivity index (χ1n) is 5.87. The molecule has 0 radical (unpaired) electrons. The Morgan fingerprint density at radius 1 is 1.35 bits per heavy atom. The molecule has 1 aromatic carbocycles. The summed E-state index contributed by atoms with van der Waals surface area (Å²) in [5.41, 5.74) is 1.95. The molecular formula is C13H21FN2S. The zero-order valence-electron chi connectivity index (χ0n) is 10.8. The molecule has 96 valence electrons. The van der Waals surface area contributed by atoms with Gasteiger partial charge in [0.2, 0.25) is 0 Å². The van der Waals surface area contributed by atoms with E-state index in [9.17, 15) is 4.39 Å². The highest BCUT2D eigenvalue weighted by Gasteiger charge is 2.05. The van der Waals surface area contributed by atoms with Gasteiger partial charge in [-0.25, -0.2) is 4.39 Å². The van der Waals surface area contributed by atoms with Gasteiger partial charge in [-0.1, -0.05) is 6.92 Å². The Kier molecular flexibility index (Phi) is 6.37. The Bertz CT molecular complexity index is 344. The second kappa shape index (κ2) is 7.56. The number of halogens is 1. The average molecular weight is 256 g/mol. The Morgan fingerprint density at radius 2 is 2.12 bits per heavy atom. The van der Waals surface area contributed by atoms with E-state index in [1.165, 1.54) is 0 Å². The maximum absolute atomic E-state index is 13.5. The monoisotopic (exact) mass is 256 g/mol. The van der Waals surface area contributed by atoms with Crippen LogP contribution in [0.3, 0.4) is 0 Å². The van der Waals surface area contributed by atoms with Gasteiger partial charge in [-0.3, -0.25) is 0 Å². The van der Waals surface area contributed by atoms with Crippen LogP contribution in [0.1, 0.15) is 12.5 Å². The zero-order chi connectivity index (χ0) is 12.7. The largest absolute Gasteiger partial charge is 0.374 e. The van der Waals surface area contributed by atoms with E-state index in [1.807, 2.05) is 20.0 Å². The summed E-state index contributed by atoms with van der Waals surface area (Å²) in [5.74, 6) is 0.890. The number of hydrogen-bond acceptors (Lipinski definition) is 3. The van der Waals surface area contributed by atoms with Gasteiger partial charge in [0.1, 0.15) is 5.82 Å². The van der Waals surface area contributed by atoms with Crippen molar-refractivity contribution in [1.82, 2.24) is 5.32 Å². The molecule has 0 saturated heterocycles. The van der Waals surface area contributed by atoms with Crippen molar-refractivity contribution in [2.24, 2.45) is 0 Å². The lowest BCUT2D eigenvalue weighted by molar-refractivity contribution is 0.621. The first-order chi connectivity index (χ1) is 8.17. The molecule has 0 aliphatic heterocycles. The van der Waals surface area contributed by atoms with E-state index >= 15 is 0 Å². The molecule has 0 saturated carbocycles. The summed E-state index contributed by atoms with van der Waals surface area (Å²) in [4.78, 5) is 2.09. The third-order valence-electron chi connectivity index (χ3n) is 2.59. The Hall–Kier alpha value is -0.740. The van der Waals surface area contributed by atoms with E-state index in [4.69, 9.17) is 0 Å². The molecule has 0 atom stereocenters. The third kappa shape index (κ3) is 4.96. The summed E-state index contributed by atoms with van der Waals surface area (Å²) in [7, 11) is 2.00. The predicted molar refractivity (Wildman–Crippen MR) is 75.4 cm³/mol. The number of nitrogens with zero attached hydrogens (tertiary/aromatic N) is 1. The quantitative estimate of drug-likeness (QED) is 0.807. The lowest BCUT2D eigenvalue weighted by atomic mass is 10.2. The zero-order valence-corrected chi connectivity index (χ0v) is 11.6. The van der Waals surface area contributed by atoms with Gasteiger partial charge in [-0.2, -0.15) is 11.8 Å². The molecule has 0 heterocycles. The van der Waals surface area contributed by atoms with Gasteiger partial charge in [0, 0.05) is 31.6 Å². The summed E-state index contributed by atoms with van der Waals surface area (Å²) >= 11 is 1.80. The molecule has 1 N–H and O–H groups in total. The van der Waals surface area contributed by atoms with Crippen molar-refractivity contribution in [3.05, 3.63) is 29.6 Å². The molecule has 0 spiro atoms. The van der Waals surface area contributed by atoms with Crippen LogP contribution in [-0.4, -0.2) is 32.1 Å². The van der Waals surface area contributed by atoms with Crippen LogP contribution in [0.15, 0.2) is 18.2 Å². The van der Waals surface area contributed by atoms with Gasteiger partial charge < -0.3 is 10.2 Å². The van der Waals surface area contributed by atoms with E-state index in [0.717, 1.165) is 36.6 Å². The van der Waals surface area contributed by atoms with E-state index in [2.05, 4.69) is 16.5 Å². The van der Waals surface area contributed by atoms with Crippen LogP contribution in [-0.2, 0) is 6.54 Å². The van der Waals surface area contributed by atoms with Crippen LogP contribution < -0.4 is 10.2 Å². The fourth-order valence-electron chi connectivity index (χ4n) is 1.58. The van der Waals surface area contributed by atoms with Gasteiger partial charge in [0.15, 0.2) is 0 Å². The van der Waals surface area contributed by atoms with Crippen molar-refractivity contribution in [3.63, 3.8) is 0 Å². The van der Waals surface area contributed by atoms with Crippen LogP contribution in [0.5, 0.6) is 0 Å². The molecule has 0 aromatic heterocycles. The topological polar surface area (TPSA) is 15.3 Å². The molecular weight excluding hydrogens is 235 g/mol. The Balaban J connectivity index is 2.73. The summed E-state index contributed by atoms with van der Waals surface area (Å²) in [6, 6.07) is 5.23. The van der Waals surface area contributed by atoms with E-state index in [-0.39, 0.29) is 5.82 Å². The second-order valence-corrected chi connectivity index (χ2v) is 5.00. The normalized spacial score (nSPS) is 10.6. The van der Waals surface area contributed by atoms with Crippen molar-refractivity contribution in [3.8, 4) is 0 Å². The highest BCUT2D eigenvalue weighted by Crippen LogP contribution is 2.18. The van der Waals surface area contributed by atoms with E-state index in [0.29, 0.717) is 0 Å². The number of nitrogens with one attached hydrogen (secondary N) is 1. The smallest absolute Gasteiger partial charge is 0.125 e. The maximum Gasteiger partial charge on any atom is 0.125 e. The van der Waals surface area contributed by atoms with Gasteiger partial charge in [-0.15, -0.1) is 0 Å². The molecule has 2 nitrogen and oxygen atoms in total. The molecule has 4 heteroatoms. The average Bonchev–Trinajstić information content (AvgIpc) is 2.32. The molecule has 0 amide bonds. The van der Waals surface area contributed by atoms with E-state index < -0.39 is 0 Å². The van der Waals surface area contributed by atoms with E-state index in [1.54, 1.807) is 23.9 Å². The van der Waals surface area contributed by atoms with Crippen LogP contribution in [0.4, 0.5) is 10.1 Å². The molecule has 0 bridgehead atoms. The number of benzene rings is 1. The molecule has 0 aliphatic rings.